The number of carbonyl (C=O) groups excluding carboxylic acids is 1. The van der Waals surface area contributed by atoms with Gasteiger partial charge in [-0.25, -0.2) is 4.98 Å². The molecule has 2 aliphatic rings. The molecular formula is C23H25N3O2S2. The first-order valence-electron chi connectivity index (χ1n) is 10.6. The summed E-state index contributed by atoms with van der Waals surface area (Å²) in [6, 6.07) is 6.39. The number of aromatic nitrogens is 2. The first-order valence-corrected chi connectivity index (χ1v) is 12.4. The smallest absolute Gasteiger partial charge is 0.267 e. The minimum Gasteiger partial charge on any atom is -0.353 e. The highest BCUT2D eigenvalue weighted by Gasteiger charge is 2.25. The molecule has 30 heavy (non-hydrogen) atoms. The molecule has 0 unspecified atom stereocenters. The summed E-state index contributed by atoms with van der Waals surface area (Å²) in [5.74, 6) is 0.277. The third-order valence-electron chi connectivity index (χ3n) is 5.98. The number of rotatable bonds is 5. The summed E-state index contributed by atoms with van der Waals surface area (Å²) in [6.07, 6.45) is 6.42. The number of hydrogen-bond donors (Lipinski definition) is 1. The zero-order valence-corrected chi connectivity index (χ0v) is 18.9. The van der Waals surface area contributed by atoms with Crippen molar-refractivity contribution in [1.82, 2.24) is 14.9 Å². The van der Waals surface area contributed by atoms with E-state index in [1.807, 2.05) is 18.2 Å². The average molecular weight is 440 g/mol. The third-order valence-corrected chi connectivity index (χ3v) is 8.11. The van der Waals surface area contributed by atoms with E-state index in [0.29, 0.717) is 11.2 Å². The predicted molar refractivity (Wildman–Crippen MR) is 123 cm³/mol. The number of benzene rings is 1. The Morgan fingerprint density at radius 2 is 2.03 bits per heavy atom. The molecule has 1 saturated carbocycles. The Bertz CT molecular complexity index is 1210. The van der Waals surface area contributed by atoms with E-state index < -0.39 is 0 Å². The molecule has 0 radical (unpaired) electrons. The quantitative estimate of drug-likeness (QED) is 0.475. The van der Waals surface area contributed by atoms with Gasteiger partial charge in [-0.3, -0.25) is 14.2 Å². The normalized spacial score (nSPS) is 15.9. The SMILES string of the molecule is Cc1ccc(-n2c(SCC(=O)NC3CC3)nc3sc4c(c3c2=O)CCCC4)cc1C. The van der Waals surface area contributed by atoms with Gasteiger partial charge in [0.25, 0.3) is 5.56 Å². The van der Waals surface area contributed by atoms with Crippen LogP contribution in [0.15, 0.2) is 28.2 Å². The number of carbonyl (C=O) groups is 1. The molecular weight excluding hydrogens is 414 g/mol. The fourth-order valence-corrected chi connectivity index (χ4v) is 6.13. The van der Waals surface area contributed by atoms with Crippen molar-refractivity contribution >= 4 is 39.2 Å². The van der Waals surface area contributed by atoms with Crippen LogP contribution in [-0.4, -0.2) is 27.3 Å². The average Bonchev–Trinajstić information content (AvgIpc) is 3.45. The fourth-order valence-electron chi connectivity index (χ4n) is 4.00. The predicted octanol–water partition coefficient (Wildman–Crippen LogP) is 4.31. The van der Waals surface area contributed by atoms with E-state index in [1.54, 1.807) is 15.9 Å². The lowest BCUT2D eigenvalue weighted by Crippen LogP contribution is -2.28. The molecule has 2 aliphatic carbocycles. The van der Waals surface area contributed by atoms with Gasteiger partial charge in [-0.05, 0) is 81.2 Å². The molecule has 1 aromatic carbocycles. The fraction of sp³-hybridized carbons (Fsp3) is 0.435. The molecule has 3 aromatic rings. The summed E-state index contributed by atoms with van der Waals surface area (Å²) in [5.41, 5.74) is 4.33. The molecule has 0 bridgehead atoms. The minimum atomic E-state index is -0.00671. The van der Waals surface area contributed by atoms with Crippen LogP contribution in [0.4, 0.5) is 0 Å². The van der Waals surface area contributed by atoms with Crippen molar-refractivity contribution in [3.63, 3.8) is 0 Å². The largest absolute Gasteiger partial charge is 0.353 e. The molecule has 5 rings (SSSR count). The van der Waals surface area contributed by atoms with Crippen molar-refractivity contribution in [3.8, 4) is 5.69 Å². The highest BCUT2D eigenvalue weighted by Crippen LogP contribution is 2.35. The molecule has 0 saturated heterocycles. The maximum absolute atomic E-state index is 13.7. The number of fused-ring (bicyclic) bond motifs is 3. The lowest BCUT2D eigenvalue weighted by molar-refractivity contribution is -0.118. The van der Waals surface area contributed by atoms with Crippen LogP contribution in [0, 0.1) is 13.8 Å². The first-order chi connectivity index (χ1) is 14.5. The molecule has 2 aromatic heterocycles. The minimum absolute atomic E-state index is 0.00671. The molecule has 5 nitrogen and oxygen atoms in total. The van der Waals surface area contributed by atoms with Crippen LogP contribution in [0.25, 0.3) is 15.9 Å². The van der Waals surface area contributed by atoms with E-state index in [1.165, 1.54) is 34.2 Å². The van der Waals surface area contributed by atoms with E-state index in [4.69, 9.17) is 4.98 Å². The third kappa shape index (κ3) is 3.69. The zero-order valence-electron chi connectivity index (χ0n) is 17.3. The molecule has 0 spiro atoms. The Balaban J connectivity index is 1.62. The Hall–Kier alpha value is -2.12. The number of nitrogens with one attached hydrogen (secondary N) is 1. The van der Waals surface area contributed by atoms with E-state index in [2.05, 4.69) is 19.2 Å². The van der Waals surface area contributed by atoms with Crippen molar-refractivity contribution < 1.29 is 4.79 Å². The van der Waals surface area contributed by atoms with E-state index in [9.17, 15) is 9.59 Å². The van der Waals surface area contributed by atoms with Gasteiger partial charge < -0.3 is 5.32 Å². The van der Waals surface area contributed by atoms with Crippen LogP contribution >= 0.6 is 23.1 Å². The van der Waals surface area contributed by atoms with Crippen LogP contribution in [0.1, 0.15) is 47.3 Å². The summed E-state index contributed by atoms with van der Waals surface area (Å²) in [6.45, 7) is 4.12. The summed E-state index contributed by atoms with van der Waals surface area (Å²) in [5, 5.41) is 4.39. The second-order valence-corrected chi connectivity index (χ2v) is 10.4. The summed E-state index contributed by atoms with van der Waals surface area (Å²) < 4.78 is 1.71. The van der Waals surface area contributed by atoms with E-state index in [-0.39, 0.29) is 17.2 Å². The van der Waals surface area contributed by atoms with Gasteiger partial charge >= 0.3 is 0 Å². The lowest BCUT2D eigenvalue weighted by atomic mass is 9.97. The van der Waals surface area contributed by atoms with Crippen LogP contribution in [0.3, 0.4) is 0 Å². The second kappa shape index (κ2) is 7.85. The van der Waals surface area contributed by atoms with Crippen LogP contribution in [-0.2, 0) is 17.6 Å². The number of thioether (sulfide) groups is 1. The standard InChI is InChI=1S/C23H25N3O2S2/c1-13-7-10-16(11-14(13)2)26-22(28)20-17-5-3-4-6-18(17)30-21(20)25-23(26)29-12-19(27)24-15-8-9-15/h7,10-11,15H,3-6,8-9,12H2,1-2H3,(H,24,27). The number of nitrogens with zero attached hydrogens (tertiary/aromatic N) is 2. The number of thiophene rings is 1. The maximum atomic E-state index is 13.7. The molecule has 0 atom stereocenters. The second-order valence-electron chi connectivity index (χ2n) is 8.33. The van der Waals surface area contributed by atoms with Gasteiger partial charge in [0.2, 0.25) is 5.91 Å². The van der Waals surface area contributed by atoms with Gasteiger partial charge in [0, 0.05) is 10.9 Å². The van der Waals surface area contributed by atoms with E-state index >= 15 is 0 Å². The van der Waals surface area contributed by atoms with Gasteiger partial charge in [-0.15, -0.1) is 11.3 Å². The van der Waals surface area contributed by atoms with Crippen molar-refractivity contribution in [2.45, 2.75) is 63.6 Å². The molecule has 1 amide bonds. The Kier molecular flexibility index (Phi) is 5.19. The monoisotopic (exact) mass is 439 g/mol. The molecule has 2 heterocycles. The van der Waals surface area contributed by atoms with Crippen LogP contribution in [0.2, 0.25) is 0 Å². The summed E-state index contributed by atoms with van der Waals surface area (Å²) in [4.78, 5) is 33.0. The number of aryl methyl sites for hydroxylation is 4. The highest BCUT2D eigenvalue weighted by atomic mass is 32.2. The van der Waals surface area contributed by atoms with Crippen molar-refractivity contribution in [3.05, 3.63) is 50.1 Å². The van der Waals surface area contributed by atoms with Gasteiger partial charge in [-0.2, -0.15) is 0 Å². The van der Waals surface area contributed by atoms with Gasteiger partial charge in [-0.1, -0.05) is 17.8 Å². The van der Waals surface area contributed by atoms with Crippen molar-refractivity contribution in [1.29, 1.82) is 0 Å². The Morgan fingerprint density at radius 1 is 1.23 bits per heavy atom. The number of hydrogen-bond acceptors (Lipinski definition) is 5. The van der Waals surface area contributed by atoms with Crippen LogP contribution < -0.4 is 10.9 Å². The van der Waals surface area contributed by atoms with Crippen molar-refractivity contribution in [2.24, 2.45) is 0 Å². The molecule has 0 aliphatic heterocycles. The zero-order chi connectivity index (χ0) is 20.8. The molecule has 1 N–H and O–H groups in total. The molecule has 7 heteroatoms. The van der Waals surface area contributed by atoms with Crippen molar-refractivity contribution in [2.75, 3.05) is 5.75 Å². The maximum Gasteiger partial charge on any atom is 0.267 e. The molecule has 156 valence electrons. The highest BCUT2D eigenvalue weighted by molar-refractivity contribution is 7.99. The van der Waals surface area contributed by atoms with Gasteiger partial charge in [0.05, 0.1) is 16.8 Å². The van der Waals surface area contributed by atoms with Gasteiger partial charge in [0.1, 0.15) is 4.83 Å². The number of amides is 1. The van der Waals surface area contributed by atoms with E-state index in [0.717, 1.165) is 53.6 Å². The summed E-state index contributed by atoms with van der Waals surface area (Å²) in [7, 11) is 0. The van der Waals surface area contributed by atoms with Crippen LogP contribution in [0.5, 0.6) is 0 Å². The Labute approximate surface area is 183 Å². The lowest BCUT2D eigenvalue weighted by Gasteiger charge is -2.14. The topological polar surface area (TPSA) is 64.0 Å². The van der Waals surface area contributed by atoms with Gasteiger partial charge in [0.15, 0.2) is 5.16 Å². The molecule has 1 fully saturated rings. The summed E-state index contributed by atoms with van der Waals surface area (Å²) >= 11 is 3.01. The first kappa shape index (κ1) is 19.8. The Morgan fingerprint density at radius 3 is 2.80 bits per heavy atom.